The normalized spacial score (nSPS) is 23.9. The number of carbonyl (C=O) groups excluding carboxylic acids is 3. The molecule has 0 saturated carbocycles. The molecule has 2 unspecified atom stereocenters. The third-order valence-corrected chi connectivity index (χ3v) is 6.63. The first-order valence-corrected chi connectivity index (χ1v) is 11.3. The van der Waals surface area contributed by atoms with Crippen molar-refractivity contribution in [1.82, 2.24) is 30.2 Å². The summed E-state index contributed by atoms with van der Waals surface area (Å²) in [5.41, 5.74) is -0.523. The lowest BCUT2D eigenvalue weighted by atomic mass is 9.95. The number of hydrogen-bond donors (Lipinski definition) is 2. The fourth-order valence-corrected chi connectivity index (χ4v) is 4.35. The summed E-state index contributed by atoms with van der Waals surface area (Å²) in [6, 6.07) is 1.87. The van der Waals surface area contributed by atoms with Crippen LogP contribution in [0.3, 0.4) is 0 Å². The minimum Gasteiger partial charge on any atom is -0.354 e. The van der Waals surface area contributed by atoms with Crippen molar-refractivity contribution in [1.29, 1.82) is 0 Å². The van der Waals surface area contributed by atoms with Gasteiger partial charge in [-0.25, -0.2) is 0 Å². The molecule has 2 atom stereocenters. The van der Waals surface area contributed by atoms with E-state index in [-0.39, 0.29) is 30.0 Å². The van der Waals surface area contributed by atoms with Gasteiger partial charge in [-0.3, -0.25) is 24.0 Å². The molecule has 0 radical (unpaired) electrons. The highest BCUT2D eigenvalue weighted by molar-refractivity contribution is 6.01. The van der Waals surface area contributed by atoms with Crippen molar-refractivity contribution >= 4 is 17.7 Å². The van der Waals surface area contributed by atoms with Crippen molar-refractivity contribution in [2.75, 3.05) is 33.2 Å². The van der Waals surface area contributed by atoms with Crippen molar-refractivity contribution in [2.45, 2.75) is 65.1 Å². The number of hydrogen-bond acceptors (Lipinski definition) is 5. The van der Waals surface area contributed by atoms with Gasteiger partial charge in [0.25, 0.3) is 11.8 Å². The molecule has 1 aromatic rings. The number of carbonyl (C=O) groups is 3. The first-order valence-electron chi connectivity index (χ1n) is 11.3. The van der Waals surface area contributed by atoms with Crippen molar-refractivity contribution < 1.29 is 14.4 Å². The Morgan fingerprint density at radius 3 is 2.74 bits per heavy atom. The molecule has 2 aliphatic heterocycles. The third kappa shape index (κ3) is 4.76. The molecule has 1 saturated heterocycles. The molecule has 1 fully saturated rings. The van der Waals surface area contributed by atoms with E-state index < -0.39 is 5.54 Å². The van der Waals surface area contributed by atoms with Gasteiger partial charge in [0.2, 0.25) is 5.91 Å². The van der Waals surface area contributed by atoms with E-state index in [1.165, 1.54) is 15.6 Å². The van der Waals surface area contributed by atoms with Crippen LogP contribution < -0.4 is 10.6 Å². The number of amides is 3. The zero-order valence-electron chi connectivity index (χ0n) is 19.4. The molecule has 3 amide bonds. The molecule has 0 aromatic carbocycles. The van der Waals surface area contributed by atoms with E-state index in [2.05, 4.69) is 41.4 Å². The molecule has 0 aliphatic carbocycles. The lowest BCUT2D eigenvalue weighted by Crippen LogP contribution is -2.62. The quantitative estimate of drug-likeness (QED) is 0.641. The zero-order valence-corrected chi connectivity index (χ0v) is 19.4. The topological polar surface area (TPSA) is 99.6 Å². The predicted octanol–water partition coefficient (Wildman–Crippen LogP) is 1.10. The van der Waals surface area contributed by atoms with Gasteiger partial charge in [0.15, 0.2) is 5.69 Å². The minimum atomic E-state index is -1.06. The second-order valence-corrected chi connectivity index (χ2v) is 9.28. The molecule has 0 bridgehead atoms. The summed E-state index contributed by atoms with van der Waals surface area (Å²) < 4.78 is 1.49. The zero-order chi connectivity index (χ0) is 22.8. The number of likely N-dealkylation sites (tertiary alicyclic amines) is 1. The highest BCUT2D eigenvalue weighted by Gasteiger charge is 2.46. The maximum Gasteiger partial charge on any atom is 0.272 e. The number of nitrogens with zero attached hydrogens (tertiary/aromatic N) is 4. The van der Waals surface area contributed by atoms with Crippen LogP contribution in [0, 0.1) is 5.92 Å². The van der Waals surface area contributed by atoms with E-state index in [0.29, 0.717) is 30.7 Å². The monoisotopic (exact) mass is 432 g/mol. The van der Waals surface area contributed by atoms with E-state index in [4.69, 9.17) is 0 Å². The van der Waals surface area contributed by atoms with Crippen LogP contribution in [-0.4, -0.2) is 82.1 Å². The standard InChI is InChI=1S/C22H36N6O3/c1-6-27-11-7-8-16(27)13-24-19(29)17-12-18-20(30)26(5)22(4,14-28(18)25-17)21(31)23-10-9-15(2)3/h12,15-16H,6-11,13-14H2,1-5H3,(H,23,31)(H,24,29). The summed E-state index contributed by atoms with van der Waals surface area (Å²) in [7, 11) is 1.63. The van der Waals surface area contributed by atoms with Gasteiger partial charge in [-0.1, -0.05) is 20.8 Å². The van der Waals surface area contributed by atoms with E-state index in [1.54, 1.807) is 14.0 Å². The highest BCUT2D eigenvalue weighted by Crippen LogP contribution is 2.26. The summed E-state index contributed by atoms with van der Waals surface area (Å²) in [4.78, 5) is 42.3. The Bertz CT molecular complexity index is 835. The molecule has 3 heterocycles. The van der Waals surface area contributed by atoms with Crippen LogP contribution in [0.1, 0.15) is 67.9 Å². The molecule has 172 valence electrons. The van der Waals surface area contributed by atoms with E-state index in [0.717, 1.165) is 32.4 Å². The van der Waals surface area contributed by atoms with Crippen LogP contribution in [0.4, 0.5) is 0 Å². The summed E-state index contributed by atoms with van der Waals surface area (Å²) >= 11 is 0. The van der Waals surface area contributed by atoms with Crippen molar-refractivity contribution in [3.05, 3.63) is 17.5 Å². The van der Waals surface area contributed by atoms with Crippen LogP contribution in [0.15, 0.2) is 6.07 Å². The molecule has 1 aromatic heterocycles. The van der Waals surface area contributed by atoms with E-state index in [9.17, 15) is 14.4 Å². The van der Waals surface area contributed by atoms with Gasteiger partial charge in [-0.2, -0.15) is 5.10 Å². The van der Waals surface area contributed by atoms with E-state index in [1.807, 2.05) is 0 Å². The van der Waals surface area contributed by atoms with Gasteiger partial charge in [-0.15, -0.1) is 0 Å². The van der Waals surface area contributed by atoms with Gasteiger partial charge in [0, 0.05) is 32.2 Å². The van der Waals surface area contributed by atoms with Crippen molar-refractivity contribution in [2.24, 2.45) is 5.92 Å². The average Bonchev–Trinajstić information content (AvgIpc) is 3.36. The second-order valence-electron chi connectivity index (χ2n) is 9.28. The van der Waals surface area contributed by atoms with Gasteiger partial charge in [0.05, 0.1) is 6.54 Å². The number of likely N-dealkylation sites (N-methyl/N-ethyl adjacent to an activating group) is 2. The molecule has 2 N–H and O–H groups in total. The van der Waals surface area contributed by atoms with Gasteiger partial charge >= 0.3 is 0 Å². The van der Waals surface area contributed by atoms with Gasteiger partial charge in [0.1, 0.15) is 11.2 Å². The Morgan fingerprint density at radius 1 is 1.32 bits per heavy atom. The Kier molecular flexibility index (Phi) is 7.03. The summed E-state index contributed by atoms with van der Waals surface area (Å²) in [6.07, 6.45) is 3.08. The van der Waals surface area contributed by atoms with Crippen LogP contribution in [-0.2, 0) is 11.3 Å². The summed E-state index contributed by atoms with van der Waals surface area (Å²) in [5, 5.41) is 10.3. The maximum atomic E-state index is 13.0. The lowest BCUT2D eigenvalue weighted by molar-refractivity contribution is -0.132. The molecule has 0 spiro atoms. The van der Waals surface area contributed by atoms with Crippen LogP contribution >= 0.6 is 0 Å². The van der Waals surface area contributed by atoms with Gasteiger partial charge < -0.3 is 15.5 Å². The Hall–Kier alpha value is -2.42. The first-order chi connectivity index (χ1) is 14.7. The summed E-state index contributed by atoms with van der Waals surface area (Å²) in [5.74, 6) is -0.334. The molecular weight excluding hydrogens is 396 g/mol. The lowest BCUT2D eigenvalue weighted by Gasteiger charge is -2.40. The number of rotatable bonds is 8. The van der Waals surface area contributed by atoms with Crippen molar-refractivity contribution in [3.63, 3.8) is 0 Å². The summed E-state index contributed by atoms with van der Waals surface area (Å²) in [6.45, 7) is 11.4. The first kappa shape index (κ1) is 23.2. The Labute approximate surface area is 184 Å². The fourth-order valence-electron chi connectivity index (χ4n) is 4.35. The molecular formula is C22H36N6O3. The van der Waals surface area contributed by atoms with Crippen LogP contribution in [0.25, 0.3) is 0 Å². The number of aromatic nitrogens is 2. The molecule has 31 heavy (non-hydrogen) atoms. The highest BCUT2D eigenvalue weighted by atomic mass is 16.2. The van der Waals surface area contributed by atoms with Crippen LogP contribution in [0.2, 0.25) is 0 Å². The van der Waals surface area contributed by atoms with Crippen LogP contribution in [0.5, 0.6) is 0 Å². The fraction of sp³-hybridized carbons (Fsp3) is 0.727. The molecule has 9 nitrogen and oxygen atoms in total. The number of fused-ring (bicyclic) bond motifs is 1. The van der Waals surface area contributed by atoms with Gasteiger partial charge in [-0.05, 0) is 45.2 Å². The average molecular weight is 433 g/mol. The number of nitrogens with one attached hydrogen (secondary N) is 2. The molecule has 3 rings (SSSR count). The molecule has 9 heteroatoms. The molecule has 2 aliphatic rings. The maximum absolute atomic E-state index is 13.0. The second kappa shape index (κ2) is 9.38. The third-order valence-electron chi connectivity index (χ3n) is 6.63. The largest absolute Gasteiger partial charge is 0.354 e. The Morgan fingerprint density at radius 2 is 2.06 bits per heavy atom. The predicted molar refractivity (Wildman–Crippen MR) is 118 cm³/mol. The SMILES string of the molecule is CCN1CCCC1CNC(=O)c1cc2n(n1)CC(C)(C(=O)NCCC(C)C)N(C)C2=O. The van der Waals surface area contributed by atoms with E-state index >= 15 is 0 Å². The minimum absolute atomic E-state index is 0.206. The Balaban J connectivity index is 1.69. The van der Waals surface area contributed by atoms with Crippen molar-refractivity contribution in [3.8, 4) is 0 Å². The smallest absolute Gasteiger partial charge is 0.272 e.